The minimum atomic E-state index is -3.66. The quantitative estimate of drug-likeness (QED) is 0.339. The Labute approximate surface area is 110 Å². The molecule has 0 bridgehead atoms. The molecule has 0 unspecified atom stereocenters. The predicted molar refractivity (Wildman–Crippen MR) is 67.6 cm³/mol. The molecule has 1 aromatic rings. The highest BCUT2D eigenvalue weighted by molar-refractivity contribution is 7.89. The first-order valence-electron chi connectivity index (χ1n) is 5.33. The highest BCUT2D eigenvalue weighted by Gasteiger charge is 2.13. The van der Waals surface area contributed by atoms with Crippen molar-refractivity contribution in [3.63, 3.8) is 0 Å². The molecule has 0 atom stereocenters. The van der Waals surface area contributed by atoms with E-state index < -0.39 is 16.0 Å². The third kappa shape index (κ3) is 4.68. The largest absolute Gasteiger partial charge is 0.469 e. The van der Waals surface area contributed by atoms with Crippen LogP contribution in [-0.2, 0) is 19.6 Å². The van der Waals surface area contributed by atoms with E-state index in [2.05, 4.69) is 14.6 Å². The number of hydrogen-bond donors (Lipinski definition) is 2. The van der Waals surface area contributed by atoms with Crippen LogP contribution in [0.25, 0.3) is 0 Å². The summed E-state index contributed by atoms with van der Waals surface area (Å²) in [6, 6.07) is 5.73. The lowest BCUT2D eigenvalue weighted by Crippen LogP contribution is -2.26. The minimum absolute atomic E-state index is 0.0329. The molecule has 8 heteroatoms. The Morgan fingerprint density at radius 3 is 2.58 bits per heavy atom. The van der Waals surface area contributed by atoms with Gasteiger partial charge in [-0.1, -0.05) is 17.3 Å². The second-order valence-electron chi connectivity index (χ2n) is 3.54. The maximum Gasteiger partial charge on any atom is 0.306 e. The van der Waals surface area contributed by atoms with E-state index in [4.69, 9.17) is 5.21 Å². The maximum atomic E-state index is 11.8. The van der Waals surface area contributed by atoms with E-state index in [1.165, 1.54) is 37.6 Å². The summed E-state index contributed by atoms with van der Waals surface area (Å²) in [7, 11) is -2.43. The first-order chi connectivity index (χ1) is 8.99. The van der Waals surface area contributed by atoms with E-state index in [9.17, 15) is 13.2 Å². The molecule has 2 N–H and O–H groups in total. The molecule has 0 amide bonds. The maximum absolute atomic E-state index is 11.8. The third-order valence-corrected chi connectivity index (χ3v) is 3.72. The number of carbonyl (C=O) groups excluding carboxylic acids is 1. The van der Waals surface area contributed by atoms with E-state index in [0.29, 0.717) is 5.56 Å². The summed E-state index contributed by atoms with van der Waals surface area (Å²) < 4.78 is 30.3. The van der Waals surface area contributed by atoms with Crippen molar-refractivity contribution in [2.24, 2.45) is 5.16 Å². The van der Waals surface area contributed by atoms with Crippen LogP contribution in [0.1, 0.15) is 12.0 Å². The molecule has 0 aliphatic rings. The average Bonchev–Trinajstić information content (AvgIpc) is 2.39. The van der Waals surface area contributed by atoms with Crippen LogP contribution in [0.5, 0.6) is 0 Å². The van der Waals surface area contributed by atoms with E-state index in [1.807, 2.05) is 0 Å². The van der Waals surface area contributed by atoms with Gasteiger partial charge in [0, 0.05) is 6.54 Å². The Kier molecular flexibility index (Phi) is 5.46. The van der Waals surface area contributed by atoms with Crippen molar-refractivity contribution in [3.8, 4) is 0 Å². The van der Waals surface area contributed by atoms with Gasteiger partial charge in [0.2, 0.25) is 10.0 Å². The van der Waals surface area contributed by atoms with Gasteiger partial charge in [-0.15, -0.1) is 0 Å². The monoisotopic (exact) mass is 286 g/mol. The summed E-state index contributed by atoms with van der Waals surface area (Å²) in [6.45, 7) is -0.0329. The molecule has 1 aromatic carbocycles. The molecule has 0 radical (unpaired) electrons. The highest BCUT2D eigenvalue weighted by Crippen LogP contribution is 2.09. The van der Waals surface area contributed by atoms with E-state index >= 15 is 0 Å². The molecule has 0 aliphatic carbocycles. The van der Waals surface area contributed by atoms with Crippen LogP contribution in [0.4, 0.5) is 0 Å². The van der Waals surface area contributed by atoms with Crippen LogP contribution in [-0.4, -0.2) is 39.5 Å². The molecule has 7 nitrogen and oxygen atoms in total. The molecule has 0 heterocycles. The molecule has 1 rings (SSSR count). The van der Waals surface area contributed by atoms with Gasteiger partial charge in [-0.25, -0.2) is 13.1 Å². The number of ether oxygens (including phenoxy) is 1. The Morgan fingerprint density at radius 1 is 1.42 bits per heavy atom. The molecular formula is C11H14N2O5S. The molecule has 0 aromatic heterocycles. The molecule has 0 saturated carbocycles. The molecule has 0 spiro atoms. The number of rotatable bonds is 6. The molecule has 0 saturated heterocycles. The standard InChI is InChI=1S/C11H14N2O5S/c1-18-11(14)6-7-13-19(16,17)10-4-2-9(3-5-10)8-12-15/h2-5,8,13,15H,6-7H2,1H3/b12-8+. The zero-order valence-corrected chi connectivity index (χ0v) is 11.1. The normalized spacial score (nSPS) is 11.6. The summed E-state index contributed by atoms with van der Waals surface area (Å²) in [5.74, 6) is -0.489. The topological polar surface area (TPSA) is 105 Å². The number of nitrogens with zero attached hydrogens (tertiary/aromatic N) is 1. The number of esters is 1. The third-order valence-electron chi connectivity index (χ3n) is 2.25. The lowest BCUT2D eigenvalue weighted by molar-refractivity contribution is -0.140. The van der Waals surface area contributed by atoms with Gasteiger partial charge in [-0.3, -0.25) is 4.79 Å². The van der Waals surface area contributed by atoms with Gasteiger partial charge in [-0.05, 0) is 17.7 Å². The lowest BCUT2D eigenvalue weighted by Gasteiger charge is -2.06. The van der Waals surface area contributed by atoms with E-state index in [1.54, 1.807) is 0 Å². The summed E-state index contributed by atoms with van der Waals surface area (Å²) >= 11 is 0. The van der Waals surface area contributed by atoms with E-state index in [0.717, 1.165) is 0 Å². The van der Waals surface area contributed by atoms with Crippen molar-refractivity contribution in [2.75, 3.05) is 13.7 Å². The summed E-state index contributed by atoms with van der Waals surface area (Å²) in [4.78, 5) is 10.9. The van der Waals surface area contributed by atoms with Crippen LogP contribution in [0, 0.1) is 0 Å². The second-order valence-corrected chi connectivity index (χ2v) is 5.30. The highest BCUT2D eigenvalue weighted by atomic mass is 32.2. The average molecular weight is 286 g/mol. The summed E-state index contributed by atoms with van der Waals surface area (Å²) in [5.41, 5.74) is 0.566. The van der Waals surface area contributed by atoms with Crippen molar-refractivity contribution in [2.45, 2.75) is 11.3 Å². The smallest absolute Gasteiger partial charge is 0.306 e. The minimum Gasteiger partial charge on any atom is -0.469 e. The number of benzene rings is 1. The summed E-state index contributed by atoms with van der Waals surface area (Å²) in [6.07, 6.45) is 1.14. The van der Waals surface area contributed by atoms with Gasteiger partial charge in [0.1, 0.15) is 0 Å². The van der Waals surface area contributed by atoms with Crippen molar-refractivity contribution in [3.05, 3.63) is 29.8 Å². The van der Waals surface area contributed by atoms with Crippen molar-refractivity contribution in [1.82, 2.24) is 4.72 Å². The van der Waals surface area contributed by atoms with Gasteiger partial charge >= 0.3 is 5.97 Å². The van der Waals surface area contributed by atoms with Crippen LogP contribution >= 0.6 is 0 Å². The molecule has 19 heavy (non-hydrogen) atoms. The Balaban J connectivity index is 2.69. The Morgan fingerprint density at radius 2 is 2.05 bits per heavy atom. The number of hydrogen-bond acceptors (Lipinski definition) is 6. The molecular weight excluding hydrogens is 272 g/mol. The van der Waals surface area contributed by atoms with Crippen LogP contribution in [0.15, 0.2) is 34.3 Å². The predicted octanol–water partition coefficient (Wildman–Crippen LogP) is 0.336. The SMILES string of the molecule is COC(=O)CCNS(=O)(=O)c1ccc(/C=N/O)cc1. The van der Waals surface area contributed by atoms with Gasteiger partial charge < -0.3 is 9.94 Å². The lowest BCUT2D eigenvalue weighted by atomic mass is 10.2. The molecule has 0 fully saturated rings. The second kappa shape index (κ2) is 6.86. The first-order valence-corrected chi connectivity index (χ1v) is 6.82. The fourth-order valence-corrected chi connectivity index (χ4v) is 2.30. The number of carbonyl (C=O) groups is 1. The fourth-order valence-electron chi connectivity index (χ4n) is 1.27. The van der Waals surface area contributed by atoms with Gasteiger partial charge in [0.15, 0.2) is 0 Å². The zero-order chi connectivity index (χ0) is 14.3. The number of sulfonamides is 1. The number of oxime groups is 1. The Bertz CT molecular complexity index is 551. The van der Waals surface area contributed by atoms with Crippen LogP contribution < -0.4 is 4.72 Å². The van der Waals surface area contributed by atoms with Gasteiger partial charge in [0.05, 0.1) is 24.6 Å². The Hall–Kier alpha value is -1.93. The number of methoxy groups -OCH3 is 1. The van der Waals surface area contributed by atoms with Gasteiger partial charge in [0.25, 0.3) is 0 Å². The van der Waals surface area contributed by atoms with Crippen molar-refractivity contribution in [1.29, 1.82) is 0 Å². The van der Waals surface area contributed by atoms with Gasteiger partial charge in [-0.2, -0.15) is 0 Å². The van der Waals surface area contributed by atoms with Crippen LogP contribution in [0.2, 0.25) is 0 Å². The fraction of sp³-hybridized carbons (Fsp3) is 0.273. The molecule has 104 valence electrons. The van der Waals surface area contributed by atoms with E-state index in [-0.39, 0.29) is 17.9 Å². The summed E-state index contributed by atoms with van der Waals surface area (Å²) in [5, 5.41) is 11.2. The van der Waals surface area contributed by atoms with Crippen molar-refractivity contribution < 1.29 is 23.2 Å². The molecule has 0 aliphatic heterocycles. The van der Waals surface area contributed by atoms with Crippen LogP contribution in [0.3, 0.4) is 0 Å². The van der Waals surface area contributed by atoms with Crippen molar-refractivity contribution >= 4 is 22.2 Å². The number of nitrogens with one attached hydrogen (secondary N) is 1. The zero-order valence-electron chi connectivity index (χ0n) is 10.2. The first kappa shape index (κ1) is 15.1.